The second-order valence-corrected chi connectivity index (χ2v) is 8.38. The second kappa shape index (κ2) is 11.8. The van der Waals surface area contributed by atoms with Crippen LogP contribution in [-0.2, 0) is 16.0 Å². The highest BCUT2D eigenvalue weighted by molar-refractivity contribution is 5.94. The van der Waals surface area contributed by atoms with Crippen LogP contribution in [0.25, 0.3) is 16.9 Å². The summed E-state index contributed by atoms with van der Waals surface area (Å²) in [7, 11) is 0. The number of para-hydroxylation sites is 1. The van der Waals surface area contributed by atoms with Gasteiger partial charge < -0.3 is 10.2 Å². The number of aromatic nitrogens is 2. The van der Waals surface area contributed by atoms with Crippen molar-refractivity contribution in [3.8, 4) is 16.9 Å². The highest BCUT2D eigenvalue weighted by Gasteiger charge is 2.19. The van der Waals surface area contributed by atoms with Gasteiger partial charge in [-0.1, -0.05) is 85.8 Å². The maximum Gasteiger partial charge on any atom is 0.245 e. The Labute approximate surface area is 206 Å². The van der Waals surface area contributed by atoms with Gasteiger partial charge in [0.15, 0.2) is 0 Å². The number of rotatable bonds is 10. The number of amides is 2. The first-order valence-electron chi connectivity index (χ1n) is 12.0. The zero-order chi connectivity index (χ0) is 24.5. The molecule has 6 nitrogen and oxygen atoms in total. The summed E-state index contributed by atoms with van der Waals surface area (Å²) in [6.07, 6.45) is 1.81. The van der Waals surface area contributed by atoms with Gasteiger partial charge in [-0.05, 0) is 30.5 Å². The first kappa shape index (κ1) is 24.0. The molecule has 0 atom stereocenters. The van der Waals surface area contributed by atoms with Crippen LogP contribution in [0.2, 0.25) is 0 Å². The molecule has 0 aliphatic heterocycles. The molecule has 0 bridgehead atoms. The average molecular weight is 467 g/mol. The van der Waals surface area contributed by atoms with Crippen molar-refractivity contribution in [1.29, 1.82) is 0 Å². The number of hydrogen-bond donors (Lipinski definition) is 1. The van der Waals surface area contributed by atoms with Crippen molar-refractivity contribution >= 4 is 17.6 Å². The zero-order valence-electron chi connectivity index (χ0n) is 19.9. The molecule has 1 aromatic heterocycles. The number of carbonyl (C=O) groups excluding carboxylic acids is 2. The minimum atomic E-state index is -0.247. The van der Waals surface area contributed by atoms with Crippen LogP contribution in [0.15, 0.2) is 97.1 Å². The maximum atomic E-state index is 13.1. The number of nitrogens with zero attached hydrogens (tertiary/aromatic N) is 3. The molecule has 178 valence electrons. The first-order chi connectivity index (χ1) is 17.1. The number of carbonyl (C=O) groups is 2. The van der Waals surface area contributed by atoms with E-state index in [1.807, 2.05) is 104 Å². The standard InChI is InChI=1S/C29H30N4O2/c1-2-20-32(29(35)19-18-23-12-6-3-7-13-23)22-28(34)30-27-21-26(24-14-8-4-9-15-24)31-33(27)25-16-10-5-11-17-25/h3-17,21H,2,18-20,22H2,1H3,(H,30,34). The topological polar surface area (TPSA) is 67.2 Å². The second-order valence-electron chi connectivity index (χ2n) is 8.38. The lowest BCUT2D eigenvalue weighted by Crippen LogP contribution is -2.38. The Kier molecular flexibility index (Phi) is 8.07. The van der Waals surface area contributed by atoms with Gasteiger partial charge in [0.25, 0.3) is 0 Å². The molecule has 4 aromatic rings. The van der Waals surface area contributed by atoms with Gasteiger partial charge in [0.2, 0.25) is 11.8 Å². The molecule has 6 heteroatoms. The molecular formula is C29H30N4O2. The third-order valence-electron chi connectivity index (χ3n) is 5.70. The lowest BCUT2D eigenvalue weighted by molar-refractivity contribution is -0.134. The van der Waals surface area contributed by atoms with Crippen molar-refractivity contribution in [1.82, 2.24) is 14.7 Å². The Hall–Kier alpha value is -4.19. The average Bonchev–Trinajstić information content (AvgIpc) is 3.32. The summed E-state index contributed by atoms with van der Waals surface area (Å²) < 4.78 is 1.72. The van der Waals surface area contributed by atoms with Crippen molar-refractivity contribution in [3.63, 3.8) is 0 Å². The summed E-state index contributed by atoms with van der Waals surface area (Å²) >= 11 is 0. The van der Waals surface area contributed by atoms with Gasteiger partial charge in [0.1, 0.15) is 5.82 Å². The van der Waals surface area contributed by atoms with Crippen molar-refractivity contribution in [2.24, 2.45) is 0 Å². The minimum absolute atomic E-state index is 0.00209. The SMILES string of the molecule is CCCN(CC(=O)Nc1cc(-c2ccccc2)nn1-c1ccccc1)C(=O)CCc1ccccc1. The molecule has 0 saturated heterocycles. The molecule has 0 fully saturated rings. The lowest BCUT2D eigenvalue weighted by Gasteiger charge is -2.22. The first-order valence-corrected chi connectivity index (χ1v) is 12.0. The third-order valence-corrected chi connectivity index (χ3v) is 5.70. The van der Waals surface area contributed by atoms with Crippen LogP contribution in [0.5, 0.6) is 0 Å². The highest BCUT2D eigenvalue weighted by Crippen LogP contribution is 2.24. The summed E-state index contributed by atoms with van der Waals surface area (Å²) in [4.78, 5) is 27.6. The largest absolute Gasteiger partial charge is 0.333 e. The molecule has 1 heterocycles. The van der Waals surface area contributed by atoms with E-state index in [0.717, 1.165) is 28.9 Å². The molecule has 1 N–H and O–H groups in total. The van der Waals surface area contributed by atoms with Crippen LogP contribution < -0.4 is 5.32 Å². The van der Waals surface area contributed by atoms with E-state index in [4.69, 9.17) is 5.10 Å². The van der Waals surface area contributed by atoms with Gasteiger partial charge in [-0.3, -0.25) is 9.59 Å². The van der Waals surface area contributed by atoms with Gasteiger partial charge in [-0.25, -0.2) is 4.68 Å². The molecule has 3 aromatic carbocycles. The molecule has 4 rings (SSSR count). The summed E-state index contributed by atoms with van der Waals surface area (Å²) in [5, 5.41) is 7.72. The molecule has 2 amide bonds. The molecule has 0 saturated carbocycles. The fraction of sp³-hybridized carbons (Fsp3) is 0.207. The number of anilines is 1. The predicted octanol–water partition coefficient (Wildman–Crippen LogP) is 5.35. The van der Waals surface area contributed by atoms with Gasteiger partial charge in [0.05, 0.1) is 17.9 Å². The number of nitrogens with one attached hydrogen (secondary N) is 1. The number of hydrogen-bond acceptors (Lipinski definition) is 3. The van der Waals surface area contributed by atoms with Gasteiger partial charge >= 0.3 is 0 Å². The van der Waals surface area contributed by atoms with Gasteiger partial charge in [-0.2, -0.15) is 5.10 Å². The minimum Gasteiger partial charge on any atom is -0.333 e. The summed E-state index contributed by atoms with van der Waals surface area (Å²) in [6.45, 7) is 2.54. The van der Waals surface area contributed by atoms with E-state index >= 15 is 0 Å². The Morgan fingerprint density at radius 3 is 2.17 bits per heavy atom. The summed E-state index contributed by atoms with van der Waals surface area (Å²) in [6, 6.07) is 31.3. The molecule has 0 spiro atoms. The highest BCUT2D eigenvalue weighted by atomic mass is 16.2. The fourth-order valence-corrected chi connectivity index (χ4v) is 3.96. The predicted molar refractivity (Wildman–Crippen MR) is 139 cm³/mol. The maximum absolute atomic E-state index is 13.1. The van der Waals surface area contributed by atoms with Crippen LogP contribution in [0.4, 0.5) is 5.82 Å². The van der Waals surface area contributed by atoms with E-state index in [-0.39, 0.29) is 18.4 Å². The number of aryl methyl sites for hydroxylation is 1. The molecular weight excluding hydrogens is 436 g/mol. The Morgan fingerprint density at radius 2 is 1.51 bits per heavy atom. The Bertz CT molecular complexity index is 1240. The van der Waals surface area contributed by atoms with E-state index in [0.29, 0.717) is 25.2 Å². The molecule has 35 heavy (non-hydrogen) atoms. The van der Waals surface area contributed by atoms with Crippen LogP contribution in [-0.4, -0.2) is 39.6 Å². The van der Waals surface area contributed by atoms with E-state index in [9.17, 15) is 9.59 Å². The van der Waals surface area contributed by atoms with Crippen LogP contribution in [0, 0.1) is 0 Å². The normalized spacial score (nSPS) is 10.7. The fourth-order valence-electron chi connectivity index (χ4n) is 3.96. The van der Waals surface area contributed by atoms with E-state index in [1.165, 1.54) is 0 Å². The van der Waals surface area contributed by atoms with Crippen LogP contribution >= 0.6 is 0 Å². The lowest BCUT2D eigenvalue weighted by atomic mass is 10.1. The Morgan fingerprint density at radius 1 is 0.886 bits per heavy atom. The van der Waals surface area contributed by atoms with Gasteiger partial charge in [-0.15, -0.1) is 0 Å². The van der Waals surface area contributed by atoms with Crippen molar-refractivity contribution in [2.75, 3.05) is 18.4 Å². The van der Waals surface area contributed by atoms with E-state index in [2.05, 4.69) is 5.32 Å². The van der Waals surface area contributed by atoms with Crippen molar-refractivity contribution < 1.29 is 9.59 Å². The Balaban J connectivity index is 1.49. The molecule has 0 unspecified atom stereocenters. The molecule has 0 aliphatic carbocycles. The monoisotopic (exact) mass is 466 g/mol. The summed E-state index contributed by atoms with van der Waals surface area (Å²) in [5.74, 6) is 0.295. The van der Waals surface area contributed by atoms with Crippen LogP contribution in [0.3, 0.4) is 0 Å². The molecule has 0 aliphatic rings. The zero-order valence-corrected chi connectivity index (χ0v) is 19.9. The number of benzene rings is 3. The van der Waals surface area contributed by atoms with Crippen LogP contribution in [0.1, 0.15) is 25.3 Å². The van der Waals surface area contributed by atoms with E-state index < -0.39 is 0 Å². The quantitative estimate of drug-likeness (QED) is 0.343. The summed E-state index contributed by atoms with van der Waals surface area (Å²) in [5.41, 5.74) is 3.67. The third kappa shape index (κ3) is 6.44. The van der Waals surface area contributed by atoms with Crippen molar-refractivity contribution in [2.45, 2.75) is 26.2 Å². The van der Waals surface area contributed by atoms with Crippen molar-refractivity contribution in [3.05, 3.63) is 103 Å². The van der Waals surface area contributed by atoms with E-state index in [1.54, 1.807) is 9.58 Å². The smallest absolute Gasteiger partial charge is 0.245 e. The van der Waals surface area contributed by atoms with Gasteiger partial charge in [0, 0.05) is 24.6 Å². The molecule has 0 radical (unpaired) electrons.